The molecule has 1 amide bonds. The lowest BCUT2D eigenvalue weighted by atomic mass is 9.95. The van der Waals surface area contributed by atoms with Gasteiger partial charge >= 0.3 is 0 Å². The molecule has 1 fully saturated rings. The molecule has 1 atom stereocenters. The first-order chi connectivity index (χ1) is 12.7. The summed E-state index contributed by atoms with van der Waals surface area (Å²) in [6, 6.07) is 12.7. The second kappa shape index (κ2) is 6.98. The molecule has 5 nitrogen and oxygen atoms in total. The number of nitrogens with one attached hydrogen (secondary N) is 1. The van der Waals surface area contributed by atoms with E-state index in [-0.39, 0.29) is 17.9 Å². The number of piperidine rings is 1. The predicted molar refractivity (Wildman–Crippen MR) is 106 cm³/mol. The summed E-state index contributed by atoms with van der Waals surface area (Å²) in [5.41, 5.74) is 3.26. The highest BCUT2D eigenvalue weighted by molar-refractivity contribution is 5.85. The van der Waals surface area contributed by atoms with Crippen molar-refractivity contribution in [2.45, 2.75) is 39.2 Å². The van der Waals surface area contributed by atoms with Gasteiger partial charge in [0.05, 0.1) is 16.6 Å². The molecule has 1 aliphatic rings. The summed E-state index contributed by atoms with van der Waals surface area (Å²) in [5.74, 6) is 1.34. The Kier molecular flexibility index (Phi) is 4.53. The standard InChI is InChI=1S/C21H26N4O/c1-3-15(2)22-21(26)16-10-13-24(14-11-16)20-19-9-6-12-25(19)18-8-5-4-7-17(18)23-20/h4-9,12,15-16H,3,10-11,13-14H2,1-2H3,(H,22,26). The number of rotatable bonds is 4. The Balaban J connectivity index is 1.56. The van der Waals surface area contributed by atoms with Crippen LogP contribution in [-0.2, 0) is 4.79 Å². The van der Waals surface area contributed by atoms with Crippen LogP contribution in [0.25, 0.3) is 16.6 Å². The van der Waals surface area contributed by atoms with Crippen LogP contribution in [0.1, 0.15) is 33.1 Å². The molecular weight excluding hydrogens is 324 g/mol. The normalized spacial score (nSPS) is 16.9. The number of nitrogens with zero attached hydrogens (tertiary/aromatic N) is 3. The zero-order valence-corrected chi connectivity index (χ0v) is 15.5. The Bertz CT molecular complexity index is 924. The van der Waals surface area contributed by atoms with E-state index in [4.69, 9.17) is 4.98 Å². The largest absolute Gasteiger partial charge is 0.355 e. The zero-order chi connectivity index (χ0) is 18.1. The number of amides is 1. The minimum Gasteiger partial charge on any atom is -0.355 e. The Morgan fingerprint density at radius 3 is 2.69 bits per heavy atom. The first-order valence-corrected chi connectivity index (χ1v) is 9.58. The van der Waals surface area contributed by atoms with Gasteiger partial charge in [-0.15, -0.1) is 0 Å². The summed E-state index contributed by atoms with van der Waals surface area (Å²) in [5, 5.41) is 3.13. The van der Waals surface area contributed by atoms with Crippen LogP contribution in [0, 0.1) is 5.92 Å². The van der Waals surface area contributed by atoms with E-state index >= 15 is 0 Å². The van der Waals surface area contributed by atoms with Gasteiger partial charge in [-0.3, -0.25) is 4.79 Å². The van der Waals surface area contributed by atoms with Crippen LogP contribution in [-0.4, -0.2) is 34.4 Å². The maximum absolute atomic E-state index is 12.4. The second-order valence-corrected chi connectivity index (χ2v) is 7.27. The van der Waals surface area contributed by atoms with Crippen LogP contribution < -0.4 is 10.2 Å². The van der Waals surface area contributed by atoms with Gasteiger partial charge in [0.2, 0.25) is 5.91 Å². The topological polar surface area (TPSA) is 49.6 Å². The second-order valence-electron chi connectivity index (χ2n) is 7.27. The smallest absolute Gasteiger partial charge is 0.223 e. The Morgan fingerprint density at radius 1 is 1.19 bits per heavy atom. The van der Waals surface area contributed by atoms with Crippen molar-refractivity contribution in [3.05, 3.63) is 42.6 Å². The summed E-state index contributed by atoms with van der Waals surface area (Å²) >= 11 is 0. The van der Waals surface area contributed by atoms with Crippen molar-refractivity contribution in [1.82, 2.24) is 14.7 Å². The molecule has 1 unspecified atom stereocenters. The molecule has 1 aliphatic heterocycles. The Morgan fingerprint density at radius 2 is 1.92 bits per heavy atom. The average molecular weight is 350 g/mol. The molecule has 136 valence electrons. The van der Waals surface area contributed by atoms with Gasteiger partial charge in [-0.1, -0.05) is 19.1 Å². The summed E-state index contributed by atoms with van der Waals surface area (Å²) in [7, 11) is 0. The minimum atomic E-state index is 0.114. The Hall–Kier alpha value is -2.56. The van der Waals surface area contributed by atoms with Gasteiger partial charge in [0, 0.05) is 31.2 Å². The number of anilines is 1. The third kappa shape index (κ3) is 3.02. The molecule has 3 heterocycles. The lowest BCUT2D eigenvalue weighted by Gasteiger charge is -2.33. The molecule has 0 bridgehead atoms. The lowest BCUT2D eigenvalue weighted by molar-refractivity contribution is -0.126. The first-order valence-electron chi connectivity index (χ1n) is 9.58. The van der Waals surface area contributed by atoms with Crippen molar-refractivity contribution in [3.63, 3.8) is 0 Å². The van der Waals surface area contributed by atoms with Gasteiger partial charge in [-0.25, -0.2) is 4.98 Å². The fourth-order valence-electron chi connectivity index (χ4n) is 3.76. The molecule has 3 aromatic rings. The van der Waals surface area contributed by atoms with E-state index in [9.17, 15) is 4.79 Å². The van der Waals surface area contributed by atoms with Gasteiger partial charge in [0.15, 0.2) is 5.82 Å². The molecule has 26 heavy (non-hydrogen) atoms. The first kappa shape index (κ1) is 16.9. The number of hydrogen-bond donors (Lipinski definition) is 1. The van der Waals surface area contributed by atoms with Crippen molar-refractivity contribution in [2.24, 2.45) is 5.92 Å². The molecule has 4 rings (SSSR count). The number of fused-ring (bicyclic) bond motifs is 3. The van der Waals surface area contributed by atoms with E-state index < -0.39 is 0 Å². The van der Waals surface area contributed by atoms with E-state index in [2.05, 4.69) is 58.9 Å². The molecule has 2 aromatic heterocycles. The van der Waals surface area contributed by atoms with E-state index in [1.165, 1.54) is 0 Å². The highest BCUT2D eigenvalue weighted by atomic mass is 16.1. The number of hydrogen-bond acceptors (Lipinski definition) is 3. The molecule has 1 aromatic carbocycles. The predicted octanol–water partition coefficient (Wildman–Crippen LogP) is 3.62. The molecule has 0 saturated carbocycles. The van der Waals surface area contributed by atoms with Gasteiger partial charge < -0.3 is 14.6 Å². The van der Waals surface area contributed by atoms with Crippen LogP contribution >= 0.6 is 0 Å². The van der Waals surface area contributed by atoms with Crippen molar-refractivity contribution < 1.29 is 4.79 Å². The summed E-state index contributed by atoms with van der Waals surface area (Å²) in [6.45, 7) is 5.90. The highest BCUT2D eigenvalue weighted by Crippen LogP contribution is 2.29. The van der Waals surface area contributed by atoms with Gasteiger partial charge in [-0.05, 0) is 50.5 Å². The van der Waals surface area contributed by atoms with Crippen LogP contribution in [0.3, 0.4) is 0 Å². The maximum Gasteiger partial charge on any atom is 0.223 e. The van der Waals surface area contributed by atoms with E-state index in [1.54, 1.807) is 0 Å². The molecular formula is C21H26N4O. The van der Waals surface area contributed by atoms with E-state index in [1.807, 2.05) is 12.1 Å². The number of carbonyl (C=O) groups is 1. The number of aromatic nitrogens is 2. The molecule has 0 aliphatic carbocycles. The number of benzene rings is 1. The van der Waals surface area contributed by atoms with Crippen molar-refractivity contribution in [1.29, 1.82) is 0 Å². The van der Waals surface area contributed by atoms with Gasteiger partial charge in [0.1, 0.15) is 0 Å². The van der Waals surface area contributed by atoms with Gasteiger partial charge in [0.25, 0.3) is 0 Å². The summed E-state index contributed by atoms with van der Waals surface area (Å²) in [4.78, 5) is 19.7. The average Bonchev–Trinajstić information content (AvgIpc) is 3.17. The minimum absolute atomic E-state index is 0.114. The highest BCUT2D eigenvalue weighted by Gasteiger charge is 2.27. The fraction of sp³-hybridized carbons (Fsp3) is 0.429. The summed E-state index contributed by atoms with van der Waals surface area (Å²) < 4.78 is 2.21. The maximum atomic E-state index is 12.4. The number of para-hydroxylation sites is 2. The molecule has 5 heteroatoms. The monoisotopic (exact) mass is 350 g/mol. The number of carbonyl (C=O) groups excluding carboxylic acids is 1. The SMILES string of the molecule is CCC(C)NC(=O)C1CCN(c2nc3ccccc3n3cccc23)CC1. The van der Waals surface area contributed by atoms with E-state index in [0.29, 0.717) is 0 Å². The molecule has 0 radical (unpaired) electrons. The third-order valence-electron chi connectivity index (χ3n) is 5.51. The van der Waals surface area contributed by atoms with Gasteiger partial charge in [-0.2, -0.15) is 0 Å². The fourth-order valence-corrected chi connectivity index (χ4v) is 3.76. The van der Waals surface area contributed by atoms with Crippen LogP contribution in [0.2, 0.25) is 0 Å². The van der Waals surface area contributed by atoms with Crippen LogP contribution in [0.4, 0.5) is 5.82 Å². The van der Waals surface area contributed by atoms with Crippen molar-refractivity contribution in [2.75, 3.05) is 18.0 Å². The van der Waals surface area contributed by atoms with Crippen LogP contribution in [0.5, 0.6) is 0 Å². The van der Waals surface area contributed by atoms with E-state index in [0.717, 1.165) is 54.7 Å². The molecule has 0 spiro atoms. The zero-order valence-electron chi connectivity index (χ0n) is 15.5. The lowest BCUT2D eigenvalue weighted by Crippen LogP contribution is -2.43. The quantitative estimate of drug-likeness (QED) is 0.782. The van der Waals surface area contributed by atoms with Crippen molar-refractivity contribution in [3.8, 4) is 0 Å². The summed E-state index contributed by atoms with van der Waals surface area (Å²) in [6.07, 6.45) is 4.82. The Labute approximate surface area is 154 Å². The third-order valence-corrected chi connectivity index (χ3v) is 5.51. The molecule has 1 saturated heterocycles. The van der Waals surface area contributed by atoms with Crippen molar-refractivity contribution >= 4 is 28.3 Å². The molecule has 1 N–H and O–H groups in total. The van der Waals surface area contributed by atoms with Crippen LogP contribution in [0.15, 0.2) is 42.6 Å².